The van der Waals surface area contributed by atoms with Gasteiger partial charge in [0.25, 0.3) is 0 Å². The van der Waals surface area contributed by atoms with Gasteiger partial charge < -0.3 is 4.74 Å². The summed E-state index contributed by atoms with van der Waals surface area (Å²) in [6.45, 7) is 4.30. The molecular formula is C20H21BrN2O. The summed E-state index contributed by atoms with van der Waals surface area (Å²) < 4.78 is 7.33. The average Bonchev–Trinajstić information content (AvgIpc) is 3.02. The molecule has 2 aromatic rings. The van der Waals surface area contributed by atoms with Crippen LogP contribution < -0.4 is 4.74 Å². The third-order valence-corrected chi connectivity index (χ3v) is 5.24. The van der Waals surface area contributed by atoms with Crippen molar-refractivity contribution in [3.8, 4) is 5.75 Å². The van der Waals surface area contributed by atoms with E-state index in [1.807, 2.05) is 6.07 Å². The maximum absolute atomic E-state index is 6.24. The Labute approximate surface area is 151 Å². The molecule has 0 amide bonds. The van der Waals surface area contributed by atoms with Crippen molar-refractivity contribution in [3.05, 3.63) is 63.6 Å². The Morgan fingerprint density at radius 1 is 1.21 bits per heavy atom. The minimum absolute atomic E-state index is 0.0247. The lowest BCUT2D eigenvalue weighted by Gasteiger charge is -2.38. The van der Waals surface area contributed by atoms with Crippen molar-refractivity contribution in [2.45, 2.75) is 45.4 Å². The van der Waals surface area contributed by atoms with E-state index in [2.05, 4.69) is 71.2 Å². The topological polar surface area (TPSA) is 24.8 Å². The molecule has 0 spiro atoms. The molecule has 3 nitrogen and oxygen atoms in total. The first kappa shape index (κ1) is 15.7. The number of halogens is 1. The second kappa shape index (κ2) is 6.25. The molecule has 0 aliphatic carbocycles. The molecule has 0 radical (unpaired) electrons. The van der Waals surface area contributed by atoms with Gasteiger partial charge in [-0.2, -0.15) is 5.10 Å². The number of fused-ring (bicyclic) bond motifs is 3. The number of hydrazone groups is 1. The van der Waals surface area contributed by atoms with E-state index in [9.17, 15) is 0 Å². The van der Waals surface area contributed by atoms with Crippen LogP contribution in [-0.2, 0) is 0 Å². The standard InChI is InChI=1S/C20H21BrN2O/c1-3-4-20-23-18(16-11-15(21)9-10-19(16)24-20)12-17(22-23)14-7-5-13(2)6-8-14/h5-11,18,20H,3-4,12H2,1-2H3. The molecule has 2 heterocycles. The molecule has 4 rings (SSSR count). The predicted octanol–water partition coefficient (Wildman–Crippen LogP) is 5.43. The Bertz CT molecular complexity index is 785. The molecule has 0 saturated heterocycles. The highest BCUT2D eigenvalue weighted by atomic mass is 79.9. The predicted molar refractivity (Wildman–Crippen MR) is 100 cm³/mol. The molecule has 2 aromatic carbocycles. The zero-order chi connectivity index (χ0) is 16.7. The van der Waals surface area contributed by atoms with Crippen molar-refractivity contribution in [1.29, 1.82) is 0 Å². The highest BCUT2D eigenvalue weighted by Gasteiger charge is 2.39. The van der Waals surface area contributed by atoms with Crippen LogP contribution in [0.25, 0.3) is 0 Å². The molecule has 0 saturated carbocycles. The van der Waals surface area contributed by atoms with Crippen LogP contribution in [0, 0.1) is 6.92 Å². The molecule has 0 bridgehead atoms. The number of hydrogen-bond acceptors (Lipinski definition) is 3. The normalized spacial score (nSPS) is 21.8. The average molecular weight is 385 g/mol. The van der Waals surface area contributed by atoms with Crippen LogP contribution in [0.1, 0.15) is 48.9 Å². The fourth-order valence-electron chi connectivity index (χ4n) is 3.49. The first-order valence-corrected chi connectivity index (χ1v) is 9.34. The summed E-state index contributed by atoms with van der Waals surface area (Å²) in [6.07, 6.45) is 3.01. The van der Waals surface area contributed by atoms with Crippen LogP contribution in [0.3, 0.4) is 0 Å². The zero-order valence-electron chi connectivity index (χ0n) is 14.0. The molecule has 0 N–H and O–H groups in total. The number of hydrogen-bond donors (Lipinski definition) is 0. The van der Waals surface area contributed by atoms with E-state index in [-0.39, 0.29) is 12.3 Å². The Morgan fingerprint density at radius 3 is 2.75 bits per heavy atom. The van der Waals surface area contributed by atoms with Gasteiger partial charge in [-0.1, -0.05) is 59.1 Å². The summed E-state index contributed by atoms with van der Waals surface area (Å²) in [7, 11) is 0. The molecule has 2 aliphatic heterocycles. The second-order valence-corrected chi connectivity index (χ2v) is 7.47. The fourth-order valence-corrected chi connectivity index (χ4v) is 3.87. The molecule has 4 heteroatoms. The quantitative estimate of drug-likeness (QED) is 0.704. The van der Waals surface area contributed by atoms with Crippen molar-refractivity contribution >= 4 is 21.6 Å². The lowest BCUT2D eigenvalue weighted by atomic mass is 9.96. The molecule has 0 aromatic heterocycles. The molecule has 24 heavy (non-hydrogen) atoms. The minimum Gasteiger partial charge on any atom is -0.469 e. The first-order valence-electron chi connectivity index (χ1n) is 8.54. The maximum Gasteiger partial charge on any atom is 0.187 e. The van der Waals surface area contributed by atoms with E-state index >= 15 is 0 Å². The van der Waals surface area contributed by atoms with Gasteiger partial charge in [0.15, 0.2) is 6.23 Å². The Balaban J connectivity index is 1.72. The summed E-state index contributed by atoms with van der Waals surface area (Å²) in [5.41, 5.74) is 4.86. The highest BCUT2D eigenvalue weighted by molar-refractivity contribution is 9.10. The summed E-state index contributed by atoms with van der Waals surface area (Å²) >= 11 is 3.59. The molecule has 2 atom stereocenters. The number of benzene rings is 2. The van der Waals surface area contributed by atoms with Crippen molar-refractivity contribution < 1.29 is 4.74 Å². The summed E-state index contributed by atoms with van der Waals surface area (Å²) in [4.78, 5) is 0. The monoisotopic (exact) mass is 384 g/mol. The molecule has 2 aliphatic rings. The van der Waals surface area contributed by atoms with Crippen LogP contribution >= 0.6 is 15.9 Å². The smallest absolute Gasteiger partial charge is 0.187 e. The van der Waals surface area contributed by atoms with Gasteiger partial charge in [-0.3, -0.25) is 5.01 Å². The lowest BCUT2D eigenvalue weighted by Crippen LogP contribution is -2.40. The Kier molecular flexibility index (Phi) is 4.09. The Hall–Kier alpha value is -1.81. The van der Waals surface area contributed by atoms with Crippen molar-refractivity contribution in [2.24, 2.45) is 5.10 Å². The van der Waals surface area contributed by atoms with Gasteiger partial charge in [0.05, 0.1) is 11.8 Å². The maximum atomic E-state index is 6.24. The van der Waals surface area contributed by atoms with E-state index in [0.29, 0.717) is 0 Å². The SMILES string of the molecule is CCCC1Oc2ccc(Br)cc2C2CC(c3ccc(C)cc3)=NN12. The number of nitrogens with zero attached hydrogens (tertiary/aromatic N) is 2. The fraction of sp³-hybridized carbons (Fsp3) is 0.350. The van der Waals surface area contributed by atoms with E-state index in [1.54, 1.807) is 0 Å². The number of rotatable bonds is 3. The van der Waals surface area contributed by atoms with Crippen molar-refractivity contribution in [2.75, 3.05) is 0 Å². The van der Waals surface area contributed by atoms with E-state index in [4.69, 9.17) is 9.84 Å². The van der Waals surface area contributed by atoms with Crippen LogP contribution in [0.15, 0.2) is 52.0 Å². The van der Waals surface area contributed by atoms with Gasteiger partial charge in [-0.25, -0.2) is 0 Å². The first-order chi connectivity index (χ1) is 11.7. The van der Waals surface area contributed by atoms with E-state index in [0.717, 1.165) is 35.2 Å². The van der Waals surface area contributed by atoms with Crippen LogP contribution in [0.4, 0.5) is 0 Å². The summed E-state index contributed by atoms with van der Waals surface area (Å²) in [6, 6.07) is 15.2. The molecule has 2 unspecified atom stereocenters. The number of ether oxygens (including phenoxy) is 1. The van der Waals surface area contributed by atoms with Gasteiger partial charge in [0.2, 0.25) is 0 Å². The number of aryl methyl sites for hydroxylation is 1. The lowest BCUT2D eigenvalue weighted by molar-refractivity contribution is -0.0223. The van der Waals surface area contributed by atoms with Crippen molar-refractivity contribution in [3.63, 3.8) is 0 Å². The van der Waals surface area contributed by atoms with E-state index in [1.165, 1.54) is 16.7 Å². The highest BCUT2D eigenvalue weighted by Crippen LogP contribution is 2.44. The van der Waals surface area contributed by atoms with Gasteiger partial charge >= 0.3 is 0 Å². The van der Waals surface area contributed by atoms with Crippen LogP contribution in [0.5, 0.6) is 5.75 Å². The van der Waals surface area contributed by atoms with Gasteiger partial charge in [-0.15, -0.1) is 0 Å². The largest absolute Gasteiger partial charge is 0.469 e. The molecule has 0 fully saturated rings. The third-order valence-electron chi connectivity index (χ3n) is 4.75. The molecule has 124 valence electrons. The summed E-state index contributed by atoms with van der Waals surface area (Å²) in [5.74, 6) is 0.998. The van der Waals surface area contributed by atoms with Gasteiger partial charge in [0.1, 0.15) is 5.75 Å². The van der Waals surface area contributed by atoms with E-state index < -0.39 is 0 Å². The van der Waals surface area contributed by atoms with Crippen LogP contribution in [0.2, 0.25) is 0 Å². The third kappa shape index (κ3) is 2.73. The van der Waals surface area contributed by atoms with Gasteiger partial charge in [0, 0.05) is 22.9 Å². The zero-order valence-corrected chi connectivity index (χ0v) is 15.6. The minimum atomic E-state index is 0.0247. The van der Waals surface area contributed by atoms with Gasteiger partial charge in [-0.05, 0) is 30.7 Å². The second-order valence-electron chi connectivity index (χ2n) is 6.56. The van der Waals surface area contributed by atoms with Crippen molar-refractivity contribution in [1.82, 2.24) is 5.01 Å². The molecular weight excluding hydrogens is 364 g/mol. The van der Waals surface area contributed by atoms with Crippen LogP contribution in [-0.4, -0.2) is 16.9 Å². The summed E-state index contributed by atoms with van der Waals surface area (Å²) in [5, 5.41) is 7.12. The Morgan fingerprint density at radius 2 is 2.00 bits per heavy atom.